The van der Waals surface area contributed by atoms with Crippen LogP contribution in [-0.4, -0.2) is 12.1 Å². The van der Waals surface area contributed by atoms with Gasteiger partial charge in [-0.25, -0.2) is 0 Å². The molecule has 104 valence electrons. The molecule has 2 heteroatoms. The van der Waals surface area contributed by atoms with Gasteiger partial charge >= 0.3 is 0 Å². The van der Waals surface area contributed by atoms with Gasteiger partial charge in [0, 0.05) is 13.0 Å². The van der Waals surface area contributed by atoms with Crippen LogP contribution in [0.4, 0.5) is 0 Å². The molecule has 0 atom stereocenters. The van der Waals surface area contributed by atoms with Gasteiger partial charge in [-0.05, 0) is 56.3 Å². The molecule has 1 N–H and O–H groups in total. The minimum absolute atomic E-state index is 0.0295. The van der Waals surface area contributed by atoms with Crippen LogP contribution < -0.4 is 10.1 Å². The van der Waals surface area contributed by atoms with Crippen LogP contribution in [0.5, 0.6) is 5.75 Å². The summed E-state index contributed by atoms with van der Waals surface area (Å²) < 4.78 is 5.91. The Morgan fingerprint density at radius 1 is 1.26 bits per heavy atom. The molecule has 2 nitrogen and oxygen atoms in total. The van der Waals surface area contributed by atoms with E-state index in [2.05, 4.69) is 37.4 Å². The zero-order chi connectivity index (χ0) is 13.3. The first-order valence-electron chi connectivity index (χ1n) is 7.64. The normalized spacial score (nSPS) is 21.4. The maximum Gasteiger partial charge on any atom is 0.123 e. The van der Waals surface area contributed by atoms with Gasteiger partial charge in [0.05, 0.1) is 0 Å². The summed E-state index contributed by atoms with van der Waals surface area (Å²) in [6, 6.07) is 6.64. The summed E-state index contributed by atoms with van der Waals surface area (Å²) in [6.45, 7) is 6.49. The van der Waals surface area contributed by atoms with E-state index in [4.69, 9.17) is 4.74 Å². The van der Waals surface area contributed by atoms with Gasteiger partial charge in [0.1, 0.15) is 11.4 Å². The Bertz CT molecular complexity index is 447. The monoisotopic (exact) mass is 259 g/mol. The van der Waals surface area contributed by atoms with Crippen LogP contribution in [0, 0.1) is 5.92 Å². The second-order valence-electron chi connectivity index (χ2n) is 6.76. The summed E-state index contributed by atoms with van der Waals surface area (Å²) in [5.41, 5.74) is 2.72. The predicted molar refractivity (Wildman–Crippen MR) is 78.5 cm³/mol. The lowest BCUT2D eigenvalue weighted by Crippen LogP contribution is -2.24. The van der Waals surface area contributed by atoms with Gasteiger partial charge in [0.2, 0.25) is 0 Å². The quantitative estimate of drug-likeness (QED) is 0.890. The molecular weight excluding hydrogens is 234 g/mol. The van der Waals surface area contributed by atoms with Gasteiger partial charge in [0.15, 0.2) is 0 Å². The topological polar surface area (TPSA) is 21.3 Å². The fourth-order valence-electron chi connectivity index (χ4n) is 3.41. The van der Waals surface area contributed by atoms with Crippen molar-refractivity contribution in [3.63, 3.8) is 0 Å². The Morgan fingerprint density at radius 2 is 2.05 bits per heavy atom. The van der Waals surface area contributed by atoms with Crippen LogP contribution >= 0.6 is 0 Å². The van der Waals surface area contributed by atoms with E-state index in [-0.39, 0.29) is 5.60 Å². The number of nitrogens with one attached hydrogen (secondary N) is 1. The zero-order valence-corrected chi connectivity index (χ0v) is 12.2. The molecule has 1 aliphatic heterocycles. The van der Waals surface area contributed by atoms with Crippen LogP contribution in [0.3, 0.4) is 0 Å². The Balaban J connectivity index is 1.55. The summed E-state index contributed by atoms with van der Waals surface area (Å²) in [7, 11) is 0. The molecule has 0 amide bonds. The smallest absolute Gasteiger partial charge is 0.123 e. The maximum atomic E-state index is 5.91. The van der Waals surface area contributed by atoms with Crippen molar-refractivity contribution in [3.05, 3.63) is 29.3 Å². The summed E-state index contributed by atoms with van der Waals surface area (Å²) in [5.74, 6) is 1.99. The zero-order valence-electron chi connectivity index (χ0n) is 12.2. The van der Waals surface area contributed by atoms with Crippen molar-refractivity contribution in [1.29, 1.82) is 0 Å². The molecule has 1 aromatic rings. The van der Waals surface area contributed by atoms with E-state index in [9.17, 15) is 0 Å². The number of ether oxygens (including phenoxy) is 1. The second-order valence-corrected chi connectivity index (χ2v) is 6.76. The van der Waals surface area contributed by atoms with Crippen LogP contribution in [0.1, 0.15) is 50.7 Å². The molecule has 0 spiro atoms. The van der Waals surface area contributed by atoms with E-state index in [1.165, 1.54) is 43.4 Å². The van der Waals surface area contributed by atoms with Gasteiger partial charge in [-0.1, -0.05) is 25.0 Å². The highest BCUT2D eigenvalue weighted by atomic mass is 16.5. The van der Waals surface area contributed by atoms with Crippen molar-refractivity contribution in [3.8, 4) is 5.75 Å². The Kier molecular flexibility index (Phi) is 3.53. The first kappa shape index (κ1) is 13.0. The molecule has 0 unspecified atom stereocenters. The van der Waals surface area contributed by atoms with Crippen LogP contribution in [0.15, 0.2) is 18.2 Å². The molecule has 3 rings (SSSR count). The van der Waals surface area contributed by atoms with Crippen molar-refractivity contribution in [1.82, 2.24) is 5.32 Å². The molecule has 0 bridgehead atoms. The summed E-state index contributed by atoms with van der Waals surface area (Å²) >= 11 is 0. The molecule has 0 aromatic heterocycles. The van der Waals surface area contributed by atoms with Gasteiger partial charge in [-0.2, -0.15) is 0 Å². The Labute approximate surface area is 116 Å². The van der Waals surface area contributed by atoms with Crippen LogP contribution in [0.25, 0.3) is 0 Å². The van der Waals surface area contributed by atoms with Gasteiger partial charge in [0.25, 0.3) is 0 Å². The summed E-state index contributed by atoms with van der Waals surface area (Å²) in [5, 5.41) is 3.61. The van der Waals surface area contributed by atoms with E-state index < -0.39 is 0 Å². The molecule has 19 heavy (non-hydrogen) atoms. The number of rotatable bonds is 4. The SMILES string of the molecule is CC1(C)Cc2cc(CNCC3CCCC3)ccc2O1. The summed E-state index contributed by atoms with van der Waals surface area (Å²) in [4.78, 5) is 0. The number of benzene rings is 1. The van der Waals surface area contributed by atoms with Crippen LogP contribution in [0.2, 0.25) is 0 Å². The lowest BCUT2D eigenvalue weighted by atomic mass is 10.00. The third-order valence-corrected chi connectivity index (χ3v) is 4.36. The number of hydrogen-bond donors (Lipinski definition) is 1. The van der Waals surface area contributed by atoms with Gasteiger partial charge in [-0.15, -0.1) is 0 Å². The molecule has 0 radical (unpaired) electrons. The van der Waals surface area contributed by atoms with Gasteiger partial charge < -0.3 is 10.1 Å². The molecule has 1 saturated carbocycles. The molecule has 1 aromatic carbocycles. The average Bonchev–Trinajstić information content (AvgIpc) is 2.94. The largest absolute Gasteiger partial charge is 0.487 e. The van der Waals surface area contributed by atoms with E-state index in [1.807, 2.05) is 0 Å². The van der Waals surface area contributed by atoms with E-state index in [0.717, 1.165) is 24.6 Å². The fraction of sp³-hybridized carbons (Fsp3) is 0.647. The molecule has 0 saturated heterocycles. The Morgan fingerprint density at radius 3 is 2.84 bits per heavy atom. The predicted octanol–water partition coefficient (Wildman–Crippen LogP) is 3.68. The minimum atomic E-state index is -0.0295. The molecular formula is C17H25NO. The van der Waals surface area contributed by atoms with Crippen molar-refractivity contribution >= 4 is 0 Å². The Hall–Kier alpha value is -1.02. The lowest BCUT2D eigenvalue weighted by molar-refractivity contribution is 0.138. The molecule has 1 fully saturated rings. The van der Waals surface area contributed by atoms with Crippen molar-refractivity contribution in [2.45, 2.75) is 58.1 Å². The molecule has 2 aliphatic rings. The summed E-state index contributed by atoms with van der Waals surface area (Å²) in [6.07, 6.45) is 6.71. The van der Waals surface area contributed by atoms with Crippen molar-refractivity contribution in [2.24, 2.45) is 5.92 Å². The first-order chi connectivity index (χ1) is 9.12. The highest BCUT2D eigenvalue weighted by Crippen LogP contribution is 2.35. The average molecular weight is 259 g/mol. The van der Waals surface area contributed by atoms with Crippen LogP contribution in [-0.2, 0) is 13.0 Å². The van der Waals surface area contributed by atoms with Crippen molar-refractivity contribution in [2.75, 3.05) is 6.54 Å². The number of hydrogen-bond acceptors (Lipinski definition) is 2. The first-order valence-corrected chi connectivity index (χ1v) is 7.64. The van der Waals surface area contributed by atoms with E-state index >= 15 is 0 Å². The highest BCUT2D eigenvalue weighted by molar-refractivity contribution is 5.41. The molecule has 1 aliphatic carbocycles. The molecule has 1 heterocycles. The van der Waals surface area contributed by atoms with E-state index in [0.29, 0.717) is 0 Å². The minimum Gasteiger partial charge on any atom is -0.487 e. The van der Waals surface area contributed by atoms with E-state index in [1.54, 1.807) is 0 Å². The third-order valence-electron chi connectivity index (χ3n) is 4.36. The second kappa shape index (κ2) is 5.16. The third kappa shape index (κ3) is 3.11. The maximum absolute atomic E-state index is 5.91. The highest BCUT2D eigenvalue weighted by Gasteiger charge is 2.29. The lowest BCUT2D eigenvalue weighted by Gasteiger charge is -2.16. The number of fused-ring (bicyclic) bond motifs is 1. The van der Waals surface area contributed by atoms with Gasteiger partial charge in [-0.3, -0.25) is 0 Å². The standard InChI is InChI=1S/C17H25NO/c1-17(2)10-15-9-14(7-8-16(15)19-17)12-18-11-13-5-3-4-6-13/h7-9,13,18H,3-6,10-12H2,1-2H3. The van der Waals surface area contributed by atoms with Crippen molar-refractivity contribution < 1.29 is 4.74 Å². The fourth-order valence-corrected chi connectivity index (χ4v) is 3.41.